The standard InChI is InChI=1S/C24H24N2O3/c1-3-16-7-4-5-10-21(16)25-22(27)17-8-6-9-18(14-17)26-23(28)19-12-11-15(2)13-20(19)24(26)29/h4-11,14,19-20H,3,12-13H2,1-2H3,(H,25,27)/t19-,20-/m0/s1. The van der Waals surface area contributed by atoms with Gasteiger partial charge in [-0.1, -0.05) is 42.8 Å². The number of anilines is 2. The number of fused-ring (bicyclic) bond motifs is 1. The van der Waals surface area contributed by atoms with Gasteiger partial charge in [-0.2, -0.15) is 0 Å². The molecule has 0 unspecified atom stereocenters. The molecule has 1 heterocycles. The van der Waals surface area contributed by atoms with Crippen LogP contribution in [0, 0.1) is 11.8 Å². The third kappa shape index (κ3) is 3.48. The van der Waals surface area contributed by atoms with Crippen molar-refractivity contribution in [2.45, 2.75) is 33.1 Å². The van der Waals surface area contributed by atoms with Crippen LogP contribution >= 0.6 is 0 Å². The molecule has 1 fully saturated rings. The molecule has 0 saturated carbocycles. The molecule has 3 amide bonds. The Morgan fingerprint density at radius 2 is 1.83 bits per heavy atom. The van der Waals surface area contributed by atoms with Crippen molar-refractivity contribution in [1.82, 2.24) is 0 Å². The van der Waals surface area contributed by atoms with E-state index in [0.29, 0.717) is 24.1 Å². The van der Waals surface area contributed by atoms with E-state index in [1.165, 1.54) is 4.90 Å². The van der Waals surface area contributed by atoms with E-state index < -0.39 is 0 Å². The Labute approximate surface area is 170 Å². The second-order valence-electron chi connectivity index (χ2n) is 7.73. The Kier molecular flexibility index (Phi) is 5.05. The lowest BCUT2D eigenvalue weighted by Crippen LogP contribution is -2.31. The van der Waals surface area contributed by atoms with Crippen molar-refractivity contribution in [3.05, 3.63) is 71.3 Å². The van der Waals surface area contributed by atoms with E-state index in [1.54, 1.807) is 24.3 Å². The highest BCUT2D eigenvalue weighted by molar-refractivity contribution is 6.22. The van der Waals surface area contributed by atoms with E-state index in [-0.39, 0.29) is 29.6 Å². The summed E-state index contributed by atoms with van der Waals surface area (Å²) < 4.78 is 0. The second kappa shape index (κ2) is 7.66. The Hall–Kier alpha value is -3.21. The van der Waals surface area contributed by atoms with Gasteiger partial charge in [-0.25, -0.2) is 0 Å². The van der Waals surface area contributed by atoms with Crippen LogP contribution in [0.15, 0.2) is 60.2 Å². The van der Waals surface area contributed by atoms with E-state index in [9.17, 15) is 14.4 Å². The second-order valence-corrected chi connectivity index (χ2v) is 7.73. The number of rotatable bonds is 4. The molecule has 1 aliphatic carbocycles. The van der Waals surface area contributed by atoms with Crippen LogP contribution in [0.4, 0.5) is 11.4 Å². The molecular weight excluding hydrogens is 364 g/mol. The van der Waals surface area contributed by atoms with Gasteiger partial charge in [0.05, 0.1) is 17.5 Å². The first-order chi connectivity index (χ1) is 14.0. The van der Waals surface area contributed by atoms with Crippen LogP contribution in [0.2, 0.25) is 0 Å². The summed E-state index contributed by atoms with van der Waals surface area (Å²) in [5.41, 5.74) is 3.85. The Balaban J connectivity index is 1.58. The minimum Gasteiger partial charge on any atom is -0.322 e. The van der Waals surface area contributed by atoms with E-state index in [1.807, 2.05) is 44.2 Å². The van der Waals surface area contributed by atoms with Crippen LogP contribution in [0.5, 0.6) is 0 Å². The monoisotopic (exact) mass is 388 g/mol. The summed E-state index contributed by atoms with van der Waals surface area (Å²) in [5.74, 6) is -1.18. The van der Waals surface area contributed by atoms with Gasteiger partial charge in [-0.3, -0.25) is 19.3 Å². The van der Waals surface area contributed by atoms with Crippen LogP contribution < -0.4 is 10.2 Å². The Morgan fingerprint density at radius 3 is 2.62 bits per heavy atom. The molecule has 4 rings (SSSR count). The molecule has 29 heavy (non-hydrogen) atoms. The summed E-state index contributed by atoms with van der Waals surface area (Å²) in [6.07, 6.45) is 4.08. The summed E-state index contributed by atoms with van der Waals surface area (Å²) in [6, 6.07) is 14.4. The van der Waals surface area contributed by atoms with Crippen molar-refractivity contribution >= 4 is 29.1 Å². The molecule has 5 nitrogen and oxygen atoms in total. The summed E-state index contributed by atoms with van der Waals surface area (Å²) >= 11 is 0. The highest BCUT2D eigenvalue weighted by Crippen LogP contribution is 2.39. The first kappa shape index (κ1) is 19.1. The maximum absolute atomic E-state index is 12.9. The van der Waals surface area contributed by atoms with Crippen molar-refractivity contribution in [2.24, 2.45) is 11.8 Å². The van der Waals surface area contributed by atoms with Gasteiger partial charge < -0.3 is 5.32 Å². The SMILES string of the molecule is CCc1ccccc1NC(=O)c1cccc(N2C(=O)[C@H]3CC=C(C)C[C@@H]3C2=O)c1. The van der Waals surface area contributed by atoms with Crippen molar-refractivity contribution in [2.75, 3.05) is 10.2 Å². The lowest BCUT2D eigenvalue weighted by atomic mass is 9.82. The van der Waals surface area contributed by atoms with Gasteiger partial charge in [0.25, 0.3) is 5.91 Å². The van der Waals surface area contributed by atoms with Crippen LogP contribution in [-0.4, -0.2) is 17.7 Å². The van der Waals surface area contributed by atoms with Crippen molar-refractivity contribution in [3.8, 4) is 0 Å². The summed E-state index contributed by atoms with van der Waals surface area (Å²) in [7, 11) is 0. The van der Waals surface area contributed by atoms with Gasteiger partial charge in [0.1, 0.15) is 0 Å². The number of carbonyl (C=O) groups is 3. The van der Waals surface area contributed by atoms with E-state index in [2.05, 4.69) is 5.32 Å². The van der Waals surface area contributed by atoms with Gasteiger partial charge in [-0.05, 0) is 56.0 Å². The number of amides is 3. The normalized spacial score (nSPS) is 21.0. The predicted molar refractivity (Wildman–Crippen MR) is 113 cm³/mol. The largest absolute Gasteiger partial charge is 0.322 e. The minimum absolute atomic E-state index is 0.165. The minimum atomic E-state index is -0.292. The van der Waals surface area contributed by atoms with Crippen molar-refractivity contribution < 1.29 is 14.4 Å². The molecule has 0 radical (unpaired) electrons. The average Bonchev–Trinajstić information content (AvgIpc) is 2.98. The smallest absolute Gasteiger partial charge is 0.255 e. The number of hydrogen-bond acceptors (Lipinski definition) is 3. The number of imide groups is 1. The first-order valence-electron chi connectivity index (χ1n) is 10.0. The van der Waals surface area contributed by atoms with Crippen molar-refractivity contribution in [1.29, 1.82) is 0 Å². The van der Waals surface area contributed by atoms with Crippen LogP contribution in [0.25, 0.3) is 0 Å². The number of allylic oxidation sites excluding steroid dienone is 2. The fourth-order valence-electron chi connectivity index (χ4n) is 4.22. The maximum atomic E-state index is 12.9. The summed E-state index contributed by atoms with van der Waals surface area (Å²) in [5, 5.41) is 2.94. The van der Waals surface area contributed by atoms with Crippen LogP contribution in [-0.2, 0) is 16.0 Å². The van der Waals surface area contributed by atoms with Crippen LogP contribution in [0.1, 0.15) is 42.6 Å². The molecule has 1 N–H and O–H groups in total. The van der Waals surface area contributed by atoms with Gasteiger partial charge in [0, 0.05) is 11.3 Å². The number of para-hydroxylation sites is 1. The molecule has 2 atom stereocenters. The highest BCUT2D eigenvalue weighted by atomic mass is 16.2. The summed E-state index contributed by atoms with van der Waals surface area (Å²) in [6.45, 7) is 4.03. The van der Waals surface area contributed by atoms with Gasteiger partial charge in [0.2, 0.25) is 11.8 Å². The zero-order chi connectivity index (χ0) is 20.5. The number of hydrogen-bond donors (Lipinski definition) is 1. The molecule has 0 bridgehead atoms. The molecular formula is C24H24N2O3. The molecule has 1 saturated heterocycles. The Morgan fingerprint density at radius 1 is 1.07 bits per heavy atom. The predicted octanol–water partition coefficient (Wildman–Crippen LogP) is 4.35. The molecule has 0 spiro atoms. The molecule has 2 aromatic carbocycles. The lowest BCUT2D eigenvalue weighted by molar-refractivity contribution is -0.122. The number of nitrogens with zero attached hydrogens (tertiary/aromatic N) is 1. The molecule has 0 aromatic heterocycles. The van der Waals surface area contributed by atoms with E-state index in [4.69, 9.17) is 0 Å². The van der Waals surface area contributed by atoms with Gasteiger partial charge in [0.15, 0.2) is 0 Å². The molecule has 2 aliphatic rings. The zero-order valence-corrected chi connectivity index (χ0v) is 16.6. The highest BCUT2D eigenvalue weighted by Gasteiger charge is 2.48. The maximum Gasteiger partial charge on any atom is 0.255 e. The average molecular weight is 388 g/mol. The van der Waals surface area contributed by atoms with E-state index in [0.717, 1.165) is 23.2 Å². The third-order valence-corrected chi connectivity index (χ3v) is 5.84. The zero-order valence-electron chi connectivity index (χ0n) is 16.6. The Bertz CT molecular complexity index is 1020. The summed E-state index contributed by atoms with van der Waals surface area (Å²) in [4.78, 5) is 39.9. The fraction of sp³-hybridized carbons (Fsp3) is 0.292. The number of carbonyl (C=O) groups excluding carboxylic acids is 3. The lowest BCUT2D eigenvalue weighted by Gasteiger charge is -2.18. The number of nitrogens with one attached hydrogen (secondary N) is 1. The fourth-order valence-corrected chi connectivity index (χ4v) is 4.22. The molecule has 2 aromatic rings. The van der Waals surface area contributed by atoms with Crippen LogP contribution in [0.3, 0.4) is 0 Å². The first-order valence-corrected chi connectivity index (χ1v) is 10.0. The quantitative estimate of drug-likeness (QED) is 0.626. The topological polar surface area (TPSA) is 66.5 Å². The number of aryl methyl sites for hydroxylation is 1. The third-order valence-electron chi connectivity index (χ3n) is 5.84. The number of benzene rings is 2. The van der Waals surface area contributed by atoms with E-state index >= 15 is 0 Å². The van der Waals surface area contributed by atoms with Gasteiger partial charge in [-0.15, -0.1) is 0 Å². The van der Waals surface area contributed by atoms with Crippen molar-refractivity contribution in [3.63, 3.8) is 0 Å². The molecule has 5 heteroatoms. The van der Waals surface area contributed by atoms with Gasteiger partial charge >= 0.3 is 0 Å². The molecule has 1 aliphatic heterocycles. The molecule has 148 valence electrons.